The molecule has 0 aromatic heterocycles. The number of aryl methyl sites for hydroxylation is 1. The smallest absolute Gasteiger partial charge is 0.335 e. The Morgan fingerprint density at radius 2 is 1.94 bits per heavy atom. The molecule has 0 saturated carbocycles. The minimum Gasteiger partial charge on any atom is -0.478 e. The maximum Gasteiger partial charge on any atom is 0.335 e. The lowest BCUT2D eigenvalue weighted by Crippen LogP contribution is -2.41. The Bertz CT molecular complexity index is 1100. The van der Waals surface area contributed by atoms with Crippen LogP contribution in [0.5, 0.6) is 0 Å². The Kier molecular flexibility index (Phi) is 7.89. The molecule has 1 N–H and O–H groups in total. The zero-order valence-electron chi connectivity index (χ0n) is 20.7. The molecule has 1 aliphatic rings. The first-order chi connectivity index (χ1) is 15.9. The molecule has 1 amide bonds. The van der Waals surface area contributed by atoms with Crippen molar-refractivity contribution in [3.8, 4) is 0 Å². The number of allylic oxidation sites excluding steroid dienone is 1. The van der Waals surface area contributed by atoms with Gasteiger partial charge in [-0.2, -0.15) is 0 Å². The number of halogens is 1. The second kappa shape index (κ2) is 10.3. The van der Waals surface area contributed by atoms with Gasteiger partial charge >= 0.3 is 5.97 Å². The molecular formula is C28H34ClNO4. The van der Waals surface area contributed by atoms with Crippen molar-refractivity contribution in [3.63, 3.8) is 0 Å². The van der Waals surface area contributed by atoms with Gasteiger partial charge in [-0.05, 0) is 58.7 Å². The molecule has 1 atom stereocenters. The summed E-state index contributed by atoms with van der Waals surface area (Å²) in [6.07, 6.45) is 3.99. The van der Waals surface area contributed by atoms with Gasteiger partial charge in [0.25, 0.3) is 0 Å². The third-order valence-electron chi connectivity index (χ3n) is 6.50. The van der Waals surface area contributed by atoms with Crippen LogP contribution in [0.3, 0.4) is 0 Å². The van der Waals surface area contributed by atoms with E-state index >= 15 is 0 Å². The molecule has 0 unspecified atom stereocenters. The van der Waals surface area contributed by atoms with Gasteiger partial charge in [-0.15, -0.1) is 0 Å². The first kappa shape index (κ1) is 26.0. The maximum atomic E-state index is 13.1. The van der Waals surface area contributed by atoms with Crippen LogP contribution in [-0.2, 0) is 21.4 Å². The van der Waals surface area contributed by atoms with Crippen LogP contribution in [0.25, 0.3) is 5.57 Å². The van der Waals surface area contributed by atoms with Crippen molar-refractivity contribution in [2.45, 2.75) is 52.4 Å². The van der Waals surface area contributed by atoms with Crippen LogP contribution < -0.4 is 0 Å². The number of hydrogen-bond donors (Lipinski definition) is 1. The third-order valence-corrected chi connectivity index (χ3v) is 6.85. The number of hydrogen-bond acceptors (Lipinski definition) is 3. The SMILES string of the molecule is COCCN1C=C(c2cccc(C(=O)O)c2)[C@](C)(c2ccc(CCC(C)(C)C)c(Cl)c2)CC1=O. The van der Waals surface area contributed by atoms with Gasteiger partial charge in [0.1, 0.15) is 0 Å². The van der Waals surface area contributed by atoms with Crippen LogP contribution in [0.4, 0.5) is 0 Å². The van der Waals surface area contributed by atoms with E-state index < -0.39 is 11.4 Å². The number of nitrogens with zero attached hydrogens (tertiary/aromatic N) is 1. The Hall–Kier alpha value is -2.63. The fourth-order valence-electron chi connectivity index (χ4n) is 4.32. The first-order valence-corrected chi connectivity index (χ1v) is 12.0. The summed E-state index contributed by atoms with van der Waals surface area (Å²) in [5, 5.41) is 10.2. The van der Waals surface area contributed by atoms with Gasteiger partial charge in [0.2, 0.25) is 5.91 Å². The molecule has 34 heavy (non-hydrogen) atoms. The van der Waals surface area contributed by atoms with Gasteiger partial charge in [0.05, 0.1) is 12.2 Å². The predicted molar refractivity (Wildman–Crippen MR) is 136 cm³/mol. The quantitative estimate of drug-likeness (QED) is 0.485. The molecule has 6 heteroatoms. The van der Waals surface area contributed by atoms with E-state index in [2.05, 4.69) is 32.9 Å². The minimum absolute atomic E-state index is 0.00868. The molecule has 0 fully saturated rings. The second-order valence-electron chi connectivity index (χ2n) is 10.4. The van der Waals surface area contributed by atoms with Gasteiger partial charge in [0.15, 0.2) is 0 Å². The van der Waals surface area contributed by atoms with Gasteiger partial charge in [-0.1, -0.05) is 63.6 Å². The summed E-state index contributed by atoms with van der Waals surface area (Å²) in [7, 11) is 1.60. The molecule has 0 saturated heterocycles. The highest BCUT2D eigenvalue weighted by molar-refractivity contribution is 6.31. The molecule has 182 valence electrons. The molecule has 0 bridgehead atoms. The molecular weight excluding hydrogens is 450 g/mol. The van der Waals surface area contributed by atoms with Gasteiger partial charge in [-0.25, -0.2) is 4.79 Å². The van der Waals surface area contributed by atoms with Gasteiger partial charge in [-0.3, -0.25) is 4.79 Å². The molecule has 1 aliphatic heterocycles. The maximum absolute atomic E-state index is 13.1. The molecule has 3 rings (SSSR count). The van der Waals surface area contributed by atoms with E-state index in [0.717, 1.165) is 35.1 Å². The van der Waals surface area contributed by atoms with Crippen molar-refractivity contribution in [1.29, 1.82) is 0 Å². The highest BCUT2D eigenvalue weighted by atomic mass is 35.5. The van der Waals surface area contributed by atoms with Crippen molar-refractivity contribution in [1.82, 2.24) is 4.90 Å². The fourth-order valence-corrected chi connectivity index (χ4v) is 4.60. The molecule has 0 aliphatic carbocycles. The Labute approximate surface area is 207 Å². The Morgan fingerprint density at radius 1 is 1.21 bits per heavy atom. The predicted octanol–water partition coefficient (Wildman–Crippen LogP) is 6.19. The van der Waals surface area contributed by atoms with Crippen molar-refractivity contribution in [3.05, 3.63) is 75.9 Å². The number of carboxylic acid groups (broad SMARTS) is 1. The lowest BCUT2D eigenvalue weighted by Gasteiger charge is -2.40. The van der Waals surface area contributed by atoms with Crippen LogP contribution in [0.2, 0.25) is 5.02 Å². The van der Waals surface area contributed by atoms with E-state index in [-0.39, 0.29) is 23.3 Å². The average molecular weight is 484 g/mol. The van der Waals surface area contributed by atoms with Gasteiger partial charge < -0.3 is 14.7 Å². The molecule has 1 heterocycles. The van der Waals surface area contributed by atoms with Crippen LogP contribution in [0.1, 0.15) is 67.6 Å². The number of carboxylic acids is 1. The number of methoxy groups -OCH3 is 1. The number of amides is 1. The summed E-state index contributed by atoms with van der Waals surface area (Å²) in [6.45, 7) is 9.50. The summed E-state index contributed by atoms with van der Waals surface area (Å²) in [4.78, 5) is 26.4. The second-order valence-corrected chi connectivity index (χ2v) is 10.8. The zero-order valence-corrected chi connectivity index (χ0v) is 21.4. The van der Waals surface area contributed by atoms with Crippen molar-refractivity contribution < 1.29 is 19.4 Å². The molecule has 0 radical (unpaired) electrons. The standard InChI is InChI=1S/C28H34ClNO4/c1-27(2,3)12-11-19-9-10-22(16-24(19)29)28(4)17-25(31)30(13-14-34-5)18-23(28)20-7-6-8-21(15-20)26(32)33/h6-10,15-16,18H,11-14,17H2,1-5H3,(H,32,33)/t28-/m0/s1. The summed E-state index contributed by atoms with van der Waals surface area (Å²) >= 11 is 6.72. The van der Waals surface area contributed by atoms with E-state index in [1.807, 2.05) is 25.3 Å². The molecule has 0 spiro atoms. The highest BCUT2D eigenvalue weighted by Gasteiger charge is 2.40. The number of ether oxygens (including phenoxy) is 1. The van der Waals surface area contributed by atoms with Crippen molar-refractivity contribution >= 4 is 29.1 Å². The van der Waals surface area contributed by atoms with Gasteiger partial charge in [0, 0.05) is 36.7 Å². The largest absolute Gasteiger partial charge is 0.478 e. The number of benzene rings is 2. The van der Waals surface area contributed by atoms with Crippen LogP contribution in [0, 0.1) is 5.41 Å². The number of carbonyl (C=O) groups excluding carboxylic acids is 1. The molecule has 5 nitrogen and oxygen atoms in total. The van der Waals surface area contributed by atoms with Crippen molar-refractivity contribution in [2.24, 2.45) is 5.41 Å². The van der Waals surface area contributed by atoms with E-state index in [1.165, 1.54) is 0 Å². The third kappa shape index (κ3) is 5.89. The van der Waals surface area contributed by atoms with E-state index in [0.29, 0.717) is 18.2 Å². The normalized spacial score (nSPS) is 18.7. The number of rotatable bonds is 8. The van der Waals surface area contributed by atoms with E-state index in [1.54, 1.807) is 30.2 Å². The Morgan fingerprint density at radius 3 is 2.56 bits per heavy atom. The monoisotopic (exact) mass is 483 g/mol. The molecule has 2 aromatic rings. The average Bonchev–Trinajstić information content (AvgIpc) is 2.77. The summed E-state index contributed by atoms with van der Waals surface area (Å²) in [6, 6.07) is 12.9. The number of aromatic carboxylic acids is 1. The summed E-state index contributed by atoms with van der Waals surface area (Å²) in [5.74, 6) is -0.996. The summed E-state index contributed by atoms with van der Waals surface area (Å²) < 4.78 is 5.18. The van der Waals surface area contributed by atoms with Crippen molar-refractivity contribution in [2.75, 3.05) is 20.3 Å². The lowest BCUT2D eigenvalue weighted by atomic mass is 9.69. The van der Waals surface area contributed by atoms with E-state index in [4.69, 9.17) is 16.3 Å². The van der Waals surface area contributed by atoms with Crippen LogP contribution in [0.15, 0.2) is 48.7 Å². The highest BCUT2D eigenvalue weighted by Crippen LogP contribution is 2.45. The van der Waals surface area contributed by atoms with E-state index in [9.17, 15) is 14.7 Å². The van der Waals surface area contributed by atoms with Crippen LogP contribution >= 0.6 is 11.6 Å². The number of carbonyl (C=O) groups is 2. The fraction of sp³-hybridized carbons (Fsp3) is 0.429. The topological polar surface area (TPSA) is 66.8 Å². The molecule has 2 aromatic carbocycles. The Balaban J connectivity index is 2.07. The minimum atomic E-state index is -0.987. The first-order valence-electron chi connectivity index (χ1n) is 11.6. The lowest BCUT2D eigenvalue weighted by molar-refractivity contribution is -0.130. The van der Waals surface area contributed by atoms with Crippen LogP contribution in [-0.4, -0.2) is 42.1 Å². The zero-order chi connectivity index (χ0) is 25.1. The summed E-state index contributed by atoms with van der Waals surface area (Å²) in [5.41, 5.74) is 3.42.